The highest BCUT2D eigenvalue weighted by atomic mass is 32.2. The third-order valence-corrected chi connectivity index (χ3v) is 6.59. The van der Waals surface area contributed by atoms with E-state index in [1.54, 1.807) is 23.5 Å². The first-order chi connectivity index (χ1) is 12.4. The van der Waals surface area contributed by atoms with Crippen LogP contribution < -0.4 is 10.6 Å². The highest BCUT2D eigenvalue weighted by Crippen LogP contribution is 2.25. The van der Waals surface area contributed by atoms with Crippen molar-refractivity contribution in [2.24, 2.45) is 0 Å². The molecule has 146 valence electrons. The number of carbonyl (C=O) groups is 1. The highest BCUT2D eigenvalue weighted by molar-refractivity contribution is 7.89. The van der Waals surface area contributed by atoms with Crippen LogP contribution in [0.15, 0.2) is 29.2 Å². The van der Waals surface area contributed by atoms with Crippen molar-refractivity contribution in [2.45, 2.75) is 43.5 Å². The van der Waals surface area contributed by atoms with Crippen LogP contribution in [0.5, 0.6) is 0 Å². The molecule has 0 saturated carbocycles. The normalized spacial score (nSPS) is 18.5. The third-order valence-electron chi connectivity index (χ3n) is 4.56. The number of nitrogens with one attached hydrogen (secondary N) is 2. The first-order valence-electron chi connectivity index (χ1n) is 9.06. The molecule has 1 atom stereocenters. The number of amides is 2. The molecule has 0 radical (unpaired) electrons. The standard InChI is InChI=1S/C18H29N3O4S/c1-15-5-3-4-13-21(15)26(23,24)17-8-6-16(7-9-17)10-11-19-18(22)20-12-14-25-2/h6-9,15H,3-5,10-14H2,1-2H3,(H2,19,20,22). The van der Waals surface area contributed by atoms with E-state index in [0.717, 1.165) is 24.8 Å². The Kier molecular flexibility index (Phi) is 7.86. The Morgan fingerprint density at radius 1 is 1.19 bits per heavy atom. The van der Waals surface area contributed by atoms with Crippen molar-refractivity contribution in [2.75, 3.05) is 33.4 Å². The molecule has 0 aliphatic carbocycles. The number of sulfonamides is 1. The number of piperidine rings is 1. The van der Waals surface area contributed by atoms with E-state index in [1.807, 2.05) is 19.1 Å². The van der Waals surface area contributed by atoms with Crippen LogP contribution in [0.4, 0.5) is 4.79 Å². The number of benzene rings is 1. The minimum atomic E-state index is -3.43. The van der Waals surface area contributed by atoms with Gasteiger partial charge in [-0.05, 0) is 43.9 Å². The molecule has 1 aromatic carbocycles. The summed E-state index contributed by atoms with van der Waals surface area (Å²) >= 11 is 0. The Morgan fingerprint density at radius 3 is 2.54 bits per heavy atom. The lowest BCUT2D eigenvalue weighted by atomic mass is 10.1. The van der Waals surface area contributed by atoms with Crippen LogP contribution in [0.3, 0.4) is 0 Å². The smallest absolute Gasteiger partial charge is 0.314 e. The number of carbonyl (C=O) groups excluding carboxylic acids is 1. The molecular weight excluding hydrogens is 354 g/mol. The first-order valence-corrected chi connectivity index (χ1v) is 10.5. The van der Waals surface area contributed by atoms with Crippen molar-refractivity contribution in [3.8, 4) is 0 Å². The minimum Gasteiger partial charge on any atom is -0.383 e. The molecule has 8 heteroatoms. The summed E-state index contributed by atoms with van der Waals surface area (Å²) in [5.74, 6) is 0. The van der Waals surface area contributed by atoms with E-state index in [0.29, 0.717) is 37.6 Å². The molecule has 26 heavy (non-hydrogen) atoms. The average Bonchev–Trinajstić information content (AvgIpc) is 2.62. The predicted octanol–water partition coefficient (Wildman–Crippen LogP) is 1.74. The van der Waals surface area contributed by atoms with Crippen molar-refractivity contribution in [3.05, 3.63) is 29.8 Å². The van der Waals surface area contributed by atoms with Crippen molar-refractivity contribution in [3.63, 3.8) is 0 Å². The van der Waals surface area contributed by atoms with Gasteiger partial charge in [-0.3, -0.25) is 0 Å². The van der Waals surface area contributed by atoms with Gasteiger partial charge in [0.05, 0.1) is 11.5 Å². The van der Waals surface area contributed by atoms with E-state index < -0.39 is 10.0 Å². The molecule has 1 saturated heterocycles. The topological polar surface area (TPSA) is 87.7 Å². The molecule has 0 aromatic heterocycles. The van der Waals surface area contributed by atoms with Gasteiger partial charge in [0.25, 0.3) is 0 Å². The van der Waals surface area contributed by atoms with Crippen LogP contribution in [0, 0.1) is 0 Å². The van der Waals surface area contributed by atoms with Crippen LogP contribution in [-0.2, 0) is 21.2 Å². The van der Waals surface area contributed by atoms with Gasteiger partial charge in [0.2, 0.25) is 10.0 Å². The van der Waals surface area contributed by atoms with Crippen LogP contribution in [0.2, 0.25) is 0 Å². The van der Waals surface area contributed by atoms with Gasteiger partial charge in [0, 0.05) is 32.8 Å². The summed E-state index contributed by atoms with van der Waals surface area (Å²) in [5, 5.41) is 5.44. The van der Waals surface area contributed by atoms with Crippen molar-refractivity contribution >= 4 is 16.1 Å². The lowest BCUT2D eigenvalue weighted by molar-refractivity contribution is 0.196. The molecule has 0 bridgehead atoms. The highest BCUT2D eigenvalue weighted by Gasteiger charge is 2.30. The fourth-order valence-electron chi connectivity index (χ4n) is 3.04. The van der Waals surface area contributed by atoms with E-state index >= 15 is 0 Å². The number of hydrogen-bond donors (Lipinski definition) is 2. The Balaban J connectivity index is 1.86. The number of hydrogen-bond acceptors (Lipinski definition) is 4. The molecule has 1 aromatic rings. The summed E-state index contributed by atoms with van der Waals surface area (Å²) in [6, 6.07) is 6.75. The lowest BCUT2D eigenvalue weighted by Crippen LogP contribution is -2.41. The zero-order valence-electron chi connectivity index (χ0n) is 15.5. The minimum absolute atomic E-state index is 0.0502. The number of rotatable bonds is 8. The SMILES string of the molecule is COCCNC(=O)NCCc1ccc(S(=O)(=O)N2CCCCC2C)cc1. The molecule has 1 aliphatic rings. The number of ether oxygens (including phenoxy) is 1. The van der Waals surface area contributed by atoms with Gasteiger partial charge in [-0.2, -0.15) is 4.31 Å². The summed E-state index contributed by atoms with van der Waals surface area (Å²) in [7, 11) is -1.85. The van der Waals surface area contributed by atoms with Crippen LogP contribution in [0.25, 0.3) is 0 Å². The Hall–Kier alpha value is -1.64. The molecule has 0 spiro atoms. The van der Waals surface area contributed by atoms with Crippen molar-refractivity contribution in [1.82, 2.24) is 14.9 Å². The number of nitrogens with zero attached hydrogens (tertiary/aromatic N) is 1. The molecule has 2 amide bonds. The second kappa shape index (κ2) is 9.89. The van der Waals surface area contributed by atoms with Gasteiger partial charge in [0.15, 0.2) is 0 Å². The molecule has 2 N–H and O–H groups in total. The first kappa shape index (κ1) is 20.7. The average molecular weight is 384 g/mol. The maximum Gasteiger partial charge on any atom is 0.314 e. The summed E-state index contributed by atoms with van der Waals surface area (Å²) in [6.07, 6.45) is 3.55. The Bertz CT molecular complexity index is 676. The number of methoxy groups -OCH3 is 1. The molecule has 1 aliphatic heterocycles. The van der Waals surface area contributed by atoms with Crippen molar-refractivity contribution in [1.29, 1.82) is 0 Å². The summed E-state index contributed by atoms with van der Waals surface area (Å²) in [6.45, 7) is 3.97. The fourth-order valence-corrected chi connectivity index (χ4v) is 4.74. The Labute approximate surface area is 156 Å². The van der Waals surface area contributed by atoms with Crippen molar-refractivity contribution < 1.29 is 17.9 Å². The van der Waals surface area contributed by atoms with Gasteiger partial charge < -0.3 is 15.4 Å². The Morgan fingerprint density at radius 2 is 1.88 bits per heavy atom. The molecule has 2 rings (SSSR count). The van der Waals surface area contributed by atoms with E-state index in [1.165, 1.54) is 0 Å². The maximum atomic E-state index is 12.8. The maximum absolute atomic E-state index is 12.8. The van der Waals surface area contributed by atoms with Gasteiger partial charge in [-0.15, -0.1) is 0 Å². The van der Waals surface area contributed by atoms with E-state index in [2.05, 4.69) is 10.6 Å². The quantitative estimate of drug-likeness (QED) is 0.670. The molecule has 7 nitrogen and oxygen atoms in total. The molecule has 1 unspecified atom stereocenters. The van der Waals surface area contributed by atoms with Gasteiger partial charge in [0.1, 0.15) is 0 Å². The largest absolute Gasteiger partial charge is 0.383 e. The summed E-state index contributed by atoms with van der Waals surface area (Å²) in [4.78, 5) is 11.9. The monoisotopic (exact) mass is 383 g/mol. The summed E-state index contributed by atoms with van der Waals surface area (Å²) in [5.41, 5.74) is 0.979. The third kappa shape index (κ3) is 5.69. The zero-order valence-corrected chi connectivity index (χ0v) is 16.3. The van der Waals surface area contributed by atoms with Crippen LogP contribution in [0.1, 0.15) is 31.7 Å². The molecule has 1 heterocycles. The molecular formula is C18H29N3O4S. The predicted molar refractivity (Wildman–Crippen MR) is 101 cm³/mol. The zero-order chi connectivity index (χ0) is 19.0. The number of urea groups is 1. The second-order valence-corrected chi connectivity index (χ2v) is 8.42. The van der Waals surface area contributed by atoms with Crippen LogP contribution >= 0.6 is 0 Å². The summed E-state index contributed by atoms with van der Waals surface area (Å²) < 4.78 is 32.0. The van der Waals surface area contributed by atoms with Gasteiger partial charge in [-0.1, -0.05) is 18.6 Å². The van der Waals surface area contributed by atoms with Gasteiger partial charge >= 0.3 is 6.03 Å². The lowest BCUT2D eigenvalue weighted by Gasteiger charge is -2.32. The van der Waals surface area contributed by atoms with Crippen LogP contribution in [-0.4, -0.2) is 58.1 Å². The van der Waals surface area contributed by atoms with E-state index in [4.69, 9.17) is 4.74 Å². The molecule has 1 fully saturated rings. The van der Waals surface area contributed by atoms with Gasteiger partial charge in [-0.25, -0.2) is 13.2 Å². The second-order valence-electron chi connectivity index (χ2n) is 6.53. The van der Waals surface area contributed by atoms with E-state index in [-0.39, 0.29) is 12.1 Å². The fraction of sp³-hybridized carbons (Fsp3) is 0.611. The van der Waals surface area contributed by atoms with E-state index in [9.17, 15) is 13.2 Å².